The van der Waals surface area contributed by atoms with Crippen molar-refractivity contribution in [2.45, 2.75) is 65.1 Å². The summed E-state index contributed by atoms with van der Waals surface area (Å²) in [5, 5.41) is 29.9. The lowest BCUT2D eigenvalue weighted by atomic mass is 9.73. The number of unbranched alkanes of at least 4 members (excludes halogenated alkanes) is 1. The predicted octanol–water partition coefficient (Wildman–Crippen LogP) is 3.18. The molecular weight excluding hydrogens is 300 g/mol. The number of rotatable bonds is 7. The third-order valence-electron chi connectivity index (χ3n) is 3.32. The topological polar surface area (TPSA) is 104 Å². The van der Waals surface area contributed by atoms with Crippen LogP contribution in [0.1, 0.15) is 53.9 Å². The van der Waals surface area contributed by atoms with Crippen LogP contribution in [-0.2, 0) is 14.3 Å². The minimum atomic E-state index is -2.32. The maximum atomic E-state index is 12.4. The molecule has 0 aromatic heterocycles. The van der Waals surface area contributed by atoms with Gasteiger partial charge in [-0.05, 0) is 40.5 Å². The molecule has 0 bridgehead atoms. The van der Waals surface area contributed by atoms with Gasteiger partial charge in [0, 0.05) is 5.57 Å². The summed E-state index contributed by atoms with van der Waals surface area (Å²) in [5.74, 6) is -1.45. The van der Waals surface area contributed by atoms with E-state index >= 15 is 0 Å². The minimum Gasteiger partial charge on any atom is -0.494 e. The number of aliphatic hydroxyl groups is 2. The number of aliphatic hydroxyl groups excluding tert-OH is 1. The summed E-state index contributed by atoms with van der Waals surface area (Å²) in [6.07, 6.45) is 2.08. The Hall–Kier alpha value is -2.07. The Balaban J connectivity index is 3.31. The van der Waals surface area contributed by atoms with E-state index in [4.69, 9.17) is 9.47 Å². The summed E-state index contributed by atoms with van der Waals surface area (Å²) in [6, 6.07) is 0. The Bertz CT molecular complexity index is 580. The van der Waals surface area contributed by atoms with Crippen LogP contribution in [0.3, 0.4) is 0 Å². The van der Waals surface area contributed by atoms with Crippen LogP contribution in [0.15, 0.2) is 23.0 Å². The van der Waals surface area contributed by atoms with Crippen molar-refractivity contribution < 1.29 is 24.5 Å². The third-order valence-corrected chi connectivity index (χ3v) is 3.32. The second-order valence-electron chi connectivity index (χ2n) is 6.35. The van der Waals surface area contributed by atoms with Crippen LogP contribution in [0.5, 0.6) is 0 Å². The monoisotopic (exact) mass is 325 g/mol. The zero-order valence-electron chi connectivity index (χ0n) is 14.3. The van der Waals surface area contributed by atoms with Gasteiger partial charge in [-0.3, -0.25) is 4.79 Å². The van der Waals surface area contributed by atoms with E-state index in [0.29, 0.717) is 12.0 Å². The van der Waals surface area contributed by atoms with Crippen LogP contribution in [0.2, 0.25) is 0 Å². The molecule has 0 saturated carbocycles. The van der Waals surface area contributed by atoms with Crippen molar-refractivity contribution in [2.75, 3.05) is 6.61 Å². The molecule has 0 heterocycles. The lowest BCUT2D eigenvalue weighted by Crippen LogP contribution is -2.53. The Morgan fingerprint density at radius 1 is 1.35 bits per heavy atom. The van der Waals surface area contributed by atoms with E-state index in [1.807, 2.05) is 6.92 Å². The van der Waals surface area contributed by atoms with Gasteiger partial charge in [-0.1, -0.05) is 13.3 Å². The molecule has 1 aliphatic carbocycles. The molecule has 0 amide bonds. The van der Waals surface area contributed by atoms with E-state index in [1.54, 1.807) is 27.7 Å². The fourth-order valence-electron chi connectivity index (χ4n) is 2.32. The van der Waals surface area contributed by atoms with Gasteiger partial charge in [-0.25, -0.2) is 0 Å². The molecule has 2 N–H and O–H groups in total. The average molecular weight is 325 g/mol. The molecule has 0 spiro atoms. The highest BCUT2D eigenvalue weighted by Crippen LogP contribution is 2.45. The first kappa shape index (κ1) is 19.0. The lowest BCUT2D eigenvalue weighted by molar-refractivity contribution is -0.137. The molecule has 1 atom stereocenters. The van der Waals surface area contributed by atoms with Gasteiger partial charge < -0.3 is 19.7 Å². The minimum absolute atomic E-state index is 0.00955. The molecule has 128 valence electrons. The molecule has 1 aliphatic rings. The summed E-state index contributed by atoms with van der Waals surface area (Å²) in [5.41, 5.74) is -3.44. The molecule has 0 aromatic rings. The molecule has 7 heteroatoms. The Morgan fingerprint density at radius 2 is 1.96 bits per heavy atom. The quantitative estimate of drug-likeness (QED) is 0.550. The van der Waals surface area contributed by atoms with Crippen LogP contribution in [-0.4, -0.2) is 33.8 Å². The highest BCUT2D eigenvalue weighted by Gasteiger charge is 2.66. The van der Waals surface area contributed by atoms with E-state index < -0.39 is 28.6 Å². The highest BCUT2D eigenvalue weighted by atomic mass is 16.6. The van der Waals surface area contributed by atoms with Gasteiger partial charge in [-0.2, -0.15) is 0 Å². The number of hydrogen-bond donors (Lipinski definition) is 2. The predicted molar refractivity (Wildman–Crippen MR) is 83.7 cm³/mol. The summed E-state index contributed by atoms with van der Waals surface area (Å²) in [6.45, 7) is 8.90. The van der Waals surface area contributed by atoms with E-state index in [9.17, 15) is 20.4 Å². The summed E-state index contributed by atoms with van der Waals surface area (Å²) >= 11 is 0. The molecule has 0 fully saturated rings. The molecule has 0 aromatic carbocycles. The number of carbonyl (C=O) groups is 1. The number of ketones is 1. The van der Waals surface area contributed by atoms with Gasteiger partial charge in [0.2, 0.25) is 11.2 Å². The molecule has 0 aliphatic heterocycles. The molecule has 1 unspecified atom stereocenters. The van der Waals surface area contributed by atoms with Crippen LogP contribution in [0.25, 0.3) is 4.98 Å². The second kappa shape index (κ2) is 7.01. The zero-order valence-corrected chi connectivity index (χ0v) is 14.3. The van der Waals surface area contributed by atoms with Crippen LogP contribution < -0.4 is 0 Å². The van der Waals surface area contributed by atoms with Crippen LogP contribution in [0.4, 0.5) is 0 Å². The maximum Gasteiger partial charge on any atom is 0.487 e. The van der Waals surface area contributed by atoms with Gasteiger partial charge in [0.05, 0.1) is 6.61 Å². The SMILES string of the molecule is CCCCC1=C(OCC)C(O)(/C([N+]#N)=C(/O)OC(C)(C)C)C1=O. The normalized spacial score (nSPS) is 22.2. The first-order valence-corrected chi connectivity index (χ1v) is 7.74. The van der Waals surface area contributed by atoms with Crippen LogP contribution in [0, 0.1) is 5.39 Å². The molecule has 23 heavy (non-hydrogen) atoms. The van der Waals surface area contributed by atoms with Gasteiger partial charge in [0.25, 0.3) is 0 Å². The third kappa shape index (κ3) is 3.64. The first-order chi connectivity index (χ1) is 10.6. The second-order valence-corrected chi connectivity index (χ2v) is 6.35. The van der Waals surface area contributed by atoms with Crippen molar-refractivity contribution in [1.82, 2.24) is 0 Å². The summed E-state index contributed by atoms with van der Waals surface area (Å²) in [7, 11) is 0. The Labute approximate surface area is 136 Å². The largest absolute Gasteiger partial charge is 0.494 e. The van der Waals surface area contributed by atoms with Crippen LogP contribution >= 0.6 is 0 Å². The Morgan fingerprint density at radius 3 is 2.39 bits per heavy atom. The highest BCUT2D eigenvalue weighted by molar-refractivity contribution is 6.14. The molecule has 0 radical (unpaired) electrons. The standard InChI is InChI=1S/C16H24N2O5/c1-6-8-9-10-12(19)16(21,13(10)22-7-2)11(18-17)14(20)23-15(3,4)5/h21H,6-9H2,1-5H3/p+1/b14-11+. The number of hydrogen-bond acceptors (Lipinski definition) is 6. The number of Topliss-reactive ketones (excluding diaryl/α,β-unsaturated/α-hetero) is 1. The number of diazo groups is 1. The van der Waals surface area contributed by atoms with Gasteiger partial charge >= 0.3 is 17.2 Å². The first-order valence-electron chi connectivity index (χ1n) is 7.74. The smallest absolute Gasteiger partial charge is 0.487 e. The number of carbonyl (C=O) groups excluding carboxylic acids is 1. The molecular formula is C16H25N2O5+. The van der Waals surface area contributed by atoms with Crippen molar-refractivity contribution >= 4 is 5.78 Å². The number of nitrogens with zero attached hydrogens (tertiary/aromatic N) is 2. The number of ether oxygens (including phenoxy) is 2. The molecule has 1 rings (SSSR count). The van der Waals surface area contributed by atoms with Crippen molar-refractivity contribution in [2.24, 2.45) is 0 Å². The van der Waals surface area contributed by atoms with Gasteiger partial charge in [0.15, 0.2) is 10.7 Å². The fraction of sp³-hybridized carbons (Fsp3) is 0.688. The van der Waals surface area contributed by atoms with E-state index in [1.165, 1.54) is 0 Å². The van der Waals surface area contributed by atoms with E-state index in [0.717, 1.165) is 12.8 Å². The van der Waals surface area contributed by atoms with E-state index in [-0.39, 0.29) is 12.4 Å². The fourth-order valence-corrected chi connectivity index (χ4v) is 2.32. The van der Waals surface area contributed by atoms with Gasteiger partial charge in [-0.15, -0.1) is 0 Å². The Kier molecular flexibility index (Phi) is 5.78. The van der Waals surface area contributed by atoms with Crippen molar-refractivity contribution in [3.63, 3.8) is 0 Å². The average Bonchev–Trinajstić information content (AvgIpc) is 2.45. The van der Waals surface area contributed by atoms with E-state index in [2.05, 4.69) is 4.98 Å². The molecule has 0 saturated heterocycles. The summed E-state index contributed by atoms with van der Waals surface area (Å²) < 4.78 is 10.6. The van der Waals surface area contributed by atoms with Crippen molar-refractivity contribution in [1.29, 1.82) is 5.39 Å². The lowest BCUT2D eigenvalue weighted by Gasteiger charge is -2.34. The van der Waals surface area contributed by atoms with Gasteiger partial charge in [0.1, 0.15) is 5.60 Å². The van der Waals surface area contributed by atoms with Crippen molar-refractivity contribution in [3.8, 4) is 0 Å². The maximum absolute atomic E-state index is 12.4. The zero-order chi connectivity index (χ0) is 17.8. The van der Waals surface area contributed by atoms with Crippen molar-refractivity contribution in [3.05, 3.63) is 28.0 Å². The molecule has 7 nitrogen and oxygen atoms in total. The summed E-state index contributed by atoms with van der Waals surface area (Å²) in [4.78, 5) is 15.3.